The zero-order valence-corrected chi connectivity index (χ0v) is 16.6. The van der Waals surface area contributed by atoms with Crippen molar-refractivity contribution in [1.82, 2.24) is 19.9 Å². The molecule has 4 nitrogen and oxygen atoms in total. The second kappa shape index (κ2) is 10.4. The maximum Gasteiger partial charge on any atom is 3.00 e. The van der Waals surface area contributed by atoms with Crippen molar-refractivity contribution < 1.29 is 28.3 Å². The van der Waals surface area contributed by atoms with Crippen LogP contribution in [0.5, 0.6) is 0 Å². The van der Waals surface area contributed by atoms with E-state index >= 15 is 0 Å². The summed E-state index contributed by atoms with van der Waals surface area (Å²) in [6.07, 6.45) is 2.94. The van der Waals surface area contributed by atoms with Crippen LogP contribution in [-0.4, -0.2) is 19.9 Å². The Morgan fingerprint density at radius 2 is 1.00 bits per heavy atom. The first-order chi connectivity index (χ1) is 15.1. The summed E-state index contributed by atoms with van der Waals surface area (Å²) < 4.78 is 43.4. The van der Waals surface area contributed by atoms with E-state index in [-0.39, 0.29) is 31.8 Å². The molecule has 0 spiro atoms. The Morgan fingerprint density at radius 3 is 1.37 bits per heavy atom. The number of aromatic nitrogens is 4. The third kappa shape index (κ3) is 6.17. The van der Waals surface area contributed by atoms with Gasteiger partial charge in [0, 0.05) is 31.7 Å². The molecule has 0 unspecified atom stereocenters. The van der Waals surface area contributed by atoms with Gasteiger partial charge in [-0.05, 0) is 25.8 Å². The molecule has 0 amide bonds. The van der Waals surface area contributed by atoms with Crippen molar-refractivity contribution in [2.45, 2.75) is 13.7 Å². The average molecular weight is 539 g/mol. The van der Waals surface area contributed by atoms with Crippen LogP contribution in [-0.2, 0) is 20.1 Å². The average Bonchev–Trinajstić information content (AvgIpc) is 2.80. The Hall–Kier alpha value is -2.75. The van der Waals surface area contributed by atoms with Crippen LogP contribution >= 0.6 is 0 Å². The van der Waals surface area contributed by atoms with Crippen molar-refractivity contribution in [3.8, 4) is 22.5 Å². The summed E-state index contributed by atoms with van der Waals surface area (Å²) in [7, 11) is 0. The molecule has 0 aliphatic heterocycles. The van der Waals surface area contributed by atoms with Gasteiger partial charge in [-0.25, -0.2) is 19.9 Å². The molecule has 0 bridgehead atoms. The third-order valence-electron chi connectivity index (χ3n) is 3.45. The molecule has 0 aliphatic carbocycles. The first-order valence-corrected chi connectivity index (χ1v) is 7.92. The van der Waals surface area contributed by atoms with Crippen molar-refractivity contribution in [1.29, 1.82) is 0 Å². The van der Waals surface area contributed by atoms with E-state index < -0.39 is 13.7 Å². The van der Waals surface area contributed by atoms with Crippen LogP contribution in [0.15, 0.2) is 85.2 Å². The van der Waals surface area contributed by atoms with E-state index in [2.05, 4.69) is 19.9 Å². The van der Waals surface area contributed by atoms with E-state index in [0.29, 0.717) is 11.4 Å². The minimum Gasteiger partial charge on any atom is -0.242 e. The van der Waals surface area contributed by atoms with E-state index in [0.717, 1.165) is 11.1 Å². The molecule has 0 aliphatic rings. The van der Waals surface area contributed by atoms with E-state index in [1.54, 1.807) is 12.1 Å². The monoisotopic (exact) mass is 539 g/mol. The van der Waals surface area contributed by atoms with Gasteiger partial charge >= 0.3 is 20.1 Å². The fourth-order valence-electron chi connectivity index (χ4n) is 2.26. The molecule has 4 aromatic rings. The number of aryl methyl sites for hydroxylation is 2. The van der Waals surface area contributed by atoms with Crippen LogP contribution < -0.4 is 0 Å². The van der Waals surface area contributed by atoms with Gasteiger partial charge in [0.15, 0.2) is 0 Å². The maximum atomic E-state index is 7.24. The van der Waals surface area contributed by atoms with Crippen molar-refractivity contribution in [3.05, 3.63) is 96.8 Å². The molecule has 2 aromatic heterocycles. The van der Waals surface area contributed by atoms with Crippen LogP contribution in [0.4, 0.5) is 0 Å². The van der Waals surface area contributed by atoms with Gasteiger partial charge in [-0.1, -0.05) is 60.7 Å². The van der Waals surface area contributed by atoms with Crippen molar-refractivity contribution in [2.75, 3.05) is 0 Å². The molecule has 0 saturated heterocycles. The third-order valence-corrected chi connectivity index (χ3v) is 3.45. The van der Waals surface area contributed by atoms with Gasteiger partial charge in [-0.2, -0.15) is 0 Å². The van der Waals surface area contributed by atoms with Crippen LogP contribution in [0.1, 0.15) is 19.9 Å². The molecule has 0 radical (unpaired) electrons. The zero-order valence-electron chi connectivity index (χ0n) is 20.2. The van der Waals surface area contributed by atoms with Crippen molar-refractivity contribution >= 4 is 0 Å². The molecule has 27 heavy (non-hydrogen) atoms. The molecule has 5 heteroatoms. The number of rotatable bonds is 2. The molecule has 0 fully saturated rings. The van der Waals surface area contributed by atoms with Gasteiger partial charge in [0.2, 0.25) is 0 Å². The number of hydrogen-bond acceptors (Lipinski definition) is 4. The predicted octanol–water partition coefficient (Wildman–Crippen LogP) is 4.90. The van der Waals surface area contributed by atoms with Crippen molar-refractivity contribution in [2.24, 2.45) is 0 Å². The molecular formula is C22H20IrN4+3. The van der Waals surface area contributed by atoms with Crippen LogP contribution in [0.3, 0.4) is 0 Å². The Labute approximate surface area is 181 Å². The van der Waals surface area contributed by atoms with Gasteiger partial charge in [0.05, 0.1) is 11.4 Å². The summed E-state index contributed by atoms with van der Waals surface area (Å²) in [5.41, 5.74) is 3.02. The Kier molecular flexibility index (Phi) is 5.18. The van der Waals surface area contributed by atoms with Crippen LogP contribution in [0.2, 0.25) is 0 Å². The summed E-state index contributed by atoms with van der Waals surface area (Å²) in [5, 5.41) is 0. The molecular weight excluding hydrogens is 512 g/mol. The molecule has 0 saturated carbocycles. The molecule has 0 atom stereocenters. The fraction of sp³-hybridized carbons (Fsp3) is 0.0909. The Bertz CT molecular complexity index is 1060. The van der Waals surface area contributed by atoms with Gasteiger partial charge in [0.25, 0.3) is 0 Å². The number of benzene rings is 2. The van der Waals surface area contributed by atoms with Crippen molar-refractivity contribution in [3.63, 3.8) is 0 Å². The summed E-state index contributed by atoms with van der Waals surface area (Å²) in [6.45, 7) is -4.52. The largest absolute Gasteiger partial charge is 3.00 e. The second-order valence-corrected chi connectivity index (χ2v) is 5.26. The number of hydrogen-bond donors (Lipinski definition) is 0. The SMILES string of the molecule is [2H]C([2H])([2H])c1nccc(-c2ccccc2)n1.[2H]C([2H])([2H])c1nccc(-c2ccccc2)n1.[Ir+3]. The van der Waals surface area contributed by atoms with E-state index in [4.69, 9.17) is 8.22 Å². The Balaban J connectivity index is 0.000000227. The summed E-state index contributed by atoms with van der Waals surface area (Å²) in [4.78, 5) is 15.6. The summed E-state index contributed by atoms with van der Waals surface area (Å²) >= 11 is 0. The van der Waals surface area contributed by atoms with Gasteiger partial charge in [-0.3, -0.25) is 0 Å². The minimum atomic E-state index is -2.26. The topological polar surface area (TPSA) is 51.6 Å². The molecule has 0 N–H and O–H groups in total. The maximum absolute atomic E-state index is 7.24. The second-order valence-electron chi connectivity index (χ2n) is 5.26. The summed E-state index contributed by atoms with van der Waals surface area (Å²) in [6, 6.07) is 22.2. The quantitative estimate of drug-likeness (QED) is 0.364. The molecule has 2 heterocycles. The van der Waals surface area contributed by atoms with Gasteiger partial charge in [0.1, 0.15) is 11.6 Å². The first kappa shape index (κ1) is 13.4. The van der Waals surface area contributed by atoms with Crippen LogP contribution in [0.25, 0.3) is 22.5 Å². The standard InChI is InChI=1S/2C11H10N2.Ir/c2*1-9-12-8-7-11(13-9)10-5-3-2-4-6-10;/h2*2-8H,1H3;/q;;+3/i2*1D3;. The fourth-order valence-corrected chi connectivity index (χ4v) is 2.26. The van der Waals surface area contributed by atoms with Gasteiger partial charge in [-0.15, -0.1) is 0 Å². The van der Waals surface area contributed by atoms with E-state index in [1.165, 1.54) is 12.4 Å². The van der Waals surface area contributed by atoms with Gasteiger partial charge < -0.3 is 0 Å². The molecule has 134 valence electrons. The van der Waals surface area contributed by atoms with E-state index in [1.807, 2.05) is 60.7 Å². The first-order valence-electron chi connectivity index (χ1n) is 10.9. The molecule has 2 aromatic carbocycles. The Morgan fingerprint density at radius 1 is 0.593 bits per heavy atom. The normalized spacial score (nSPS) is 13.8. The molecule has 4 rings (SSSR count). The minimum absolute atomic E-state index is 0. The van der Waals surface area contributed by atoms with E-state index in [9.17, 15) is 0 Å². The number of nitrogens with zero attached hydrogens (tertiary/aromatic N) is 4. The predicted molar refractivity (Wildman–Crippen MR) is 104 cm³/mol. The zero-order chi connectivity index (χ0) is 23.2. The summed E-state index contributed by atoms with van der Waals surface area (Å²) in [5.74, 6) is -0.234. The van der Waals surface area contributed by atoms with Crippen LogP contribution in [0, 0.1) is 13.7 Å². The smallest absolute Gasteiger partial charge is 0.242 e.